The number of aromatic nitrogens is 1. The second kappa shape index (κ2) is 6.71. The van der Waals surface area contributed by atoms with Gasteiger partial charge in [0.05, 0.1) is 0 Å². The van der Waals surface area contributed by atoms with Crippen LogP contribution in [0.2, 0.25) is 0 Å². The van der Waals surface area contributed by atoms with Crippen LogP contribution in [0.1, 0.15) is 21.6 Å². The van der Waals surface area contributed by atoms with Gasteiger partial charge in [0, 0.05) is 16.5 Å². The smallest absolute Gasteiger partial charge is 0.358 e. The van der Waals surface area contributed by atoms with Crippen LogP contribution in [-0.4, -0.2) is 11.0 Å². The first-order valence-corrected chi connectivity index (χ1v) is 7.94. The first-order chi connectivity index (χ1) is 11.1. The molecule has 0 aliphatic carbocycles. The highest BCUT2D eigenvalue weighted by atomic mass is 32.1. The molecular weight excluding hydrogens is 313 g/mol. The van der Waals surface area contributed by atoms with Gasteiger partial charge in [-0.1, -0.05) is 48.0 Å². The van der Waals surface area contributed by atoms with Crippen molar-refractivity contribution in [1.29, 1.82) is 0 Å². The number of aryl methyl sites for hydroxylation is 1. The summed E-state index contributed by atoms with van der Waals surface area (Å²) in [5.74, 6) is -0.943. The van der Waals surface area contributed by atoms with E-state index in [2.05, 4.69) is 4.98 Å². The number of nitrogens with zero attached hydrogens (tertiary/aromatic N) is 1. The van der Waals surface area contributed by atoms with E-state index in [0.29, 0.717) is 5.56 Å². The Balaban J connectivity index is 1.69. The highest BCUT2D eigenvalue weighted by Crippen LogP contribution is 2.24. The summed E-state index contributed by atoms with van der Waals surface area (Å²) in [4.78, 5) is 16.3. The number of benzene rings is 2. The fraction of sp³-hybridized carbons (Fsp3) is 0.111. The van der Waals surface area contributed by atoms with Crippen LogP contribution in [0.25, 0.3) is 10.6 Å². The highest BCUT2D eigenvalue weighted by Gasteiger charge is 2.14. The van der Waals surface area contributed by atoms with Crippen LogP contribution in [-0.2, 0) is 11.3 Å². The van der Waals surface area contributed by atoms with Crippen molar-refractivity contribution in [2.24, 2.45) is 0 Å². The predicted molar refractivity (Wildman–Crippen MR) is 87.8 cm³/mol. The molecule has 1 heterocycles. The van der Waals surface area contributed by atoms with Crippen molar-refractivity contribution in [2.75, 3.05) is 0 Å². The molecule has 0 spiro atoms. The number of esters is 1. The molecule has 0 fully saturated rings. The molecular formula is C18H14FNO2S. The SMILES string of the molecule is Cc1ccc(-c2nc(C(=O)OCc3ccccc3F)cs2)cc1. The molecule has 0 aliphatic heterocycles. The molecule has 5 heteroatoms. The molecule has 0 aliphatic rings. The zero-order valence-electron chi connectivity index (χ0n) is 12.5. The van der Waals surface area contributed by atoms with Crippen LogP contribution in [0.3, 0.4) is 0 Å². The molecule has 3 aromatic rings. The van der Waals surface area contributed by atoms with Gasteiger partial charge in [0.1, 0.15) is 17.4 Å². The van der Waals surface area contributed by atoms with E-state index in [-0.39, 0.29) is 18.1 Å². The average molecular weight is 327 g/mol. The lowest BCUT2D eigenvalue weighted by molar-refractivity contribution is 0.0463. The van der Waals surface area contributed by atoms with Crippen LogP contribution < -0.4 is 0 Å². The Morgan fingerprint density at radius 1 is 1.17 bits per heavy atom. The van der Waals surface area contributed by atoms with E-state index >= 15 is 0 Å². The monoisotopic (exact) mass is 327 g/mol. The average Bonchev–Trinajstić information content (AvgIpc) is 3.04. The Morgan fingerprint density at radius 2 is 1.91 bits per heavy atom. The topological polar surface area (TPSA) is 39.2 Å². The molecule has 0 atom stereocenters. The van der Waals surface area contributed by atoms with Crippen molar-refractivity contribution >= 4 is 17.3 Å². The lowest BCUT2D eigenvalue weighted by atomic mass is 10.2. The van der Waals surface area contributed by atoms with Gasteiger partial charge in [0.2, 0.25) is 0 Å². The summed E-state index contributed by atoms with van der Waals surface area (Å²) in [6.07, 6.45) is 0. The third-order valence-electron chi connectivity index (χ3n) is 3.33. The van der Waals surface area contributed by atoms with Gasteiger partial charge in [-0.3, -0.25) is 0 Å². The summed E-state index contributed by atoms with van der Waals surface area (Å²) in [5.41, 5.74) is 2.69. The molecule has 0 bridgehead atoms. The van der Waals surface area contributed by atoms with E-state index in [4.69, 9.17) is 4.74 Å². The number of carbonyl (C=O) groups excluding carboxylic acids is 1. The molecule has 0 saturated heterocycles. The van der Waals surface area contributed by atoms with Crippen molar-refractivity contribution in [3.8, 4) is 10.6 Å². The third kappa shape index (κ3) is 3.63. The van der Waals surface area contributed by atoms with Gasteiger partial charge in [-0.05, 0) is 13.0 Å². The van der Waals surface area contributed by atoms with Crippen LogP contribution >= 0.6 is 11.3 Å². The van der Waals surface area contributed by atoms with Crippen molar-refractivity contribution in [3.63, 3.8) is 0 Å². The van der Waals surface area contributed by atoms with Gasteiger partial charge in [0.25, 0.3) is 0 Å². The lowest BCUT2D eigenvalue weighted by Crippen LogP contribution is -2.06. The van der Waals surface area contributed by atoms with Crippen molar-refractivity contribution in [3.05, 3.63) is 76.5 Å². The molecule has 3 rings (SSSR count). The first kappa shape index (κ1) is 15.4. The van der Waals surface area contributed by atoms with Crippen LogP contribution in [0, 0.1) is 12.7 Å². The summed E-state index contributed by atoms with van der Waals surface area (Å²) in [5, 5.41) is 2.40. The maximum absolute atomic E-state index is 13.5. The van der Waals surface area contributed by atoms with Crippen LogP contribution in [0.15, 0.2) is 53.9 Å². The fourth-order valence-corrected chi connectivity index (χ4v) is 2.82. The number of rotatable bonds is 4. The van der Waals surface area contributed by atoms with Gasteiger partial charge in [-0.15, -0.1) is 11.3 Å². The highest BCUT2D eigenvalue weighted by molar-refractivity contribution is 7.13. The van der Waals surface area contributed by atoms with Gasteiger partial charge in [-0.25, -0.2) is 14.2 Å². The van der Waals surface area contributed by atoms with Crippen molar-refractivity contribution < 1.29 is 13.9 Å². The first-order valence-electron chi connectivity index (χ1n) is 7.06. The standard InChI is InChI=1S/C18H14FNO2S/c1-12-6-8-13(9-7-12)17-20-16(11-23-17)18(21)22-10-14-4-2-3-5-15(14)19/h2-9,11H,10H2,1H3. The van der Waals surface area contributed by atoms with E-state index in [1.54, 1.807) is 23.6 Å². The minimum Gasteiger partial charge on any atom is -0.456 e. The Kier molecular flexibility index (Phi) is 4.48. The molecule has 3 nitrogen and oxygen atoms in total. The van der Waals surface area contributed by atoms with Gasteiger partial charge in [-0.2, -0.15) is 0 Å². The largest absolute Gasteiger partial charge is 0.456 e. The number of ether oxygens (including phenoxy) is 1. The van der Waals surface area contributed by atoms with Crippen LogP contribution in [0.4, 0.5) is 4.39 Å². The fourth-order valence-electron chi connectivity index (χ4n) is 2.03. The van der Waals surface area contributed by atoms with Gasteiger partial charge in [0.15, 0.2) is 5.69 Å². The Morgan fingerprint density at radius 3 is 2.65 bits per heavy atom. The number of carbonyl (C=O) groups is 1. The molecule has 0 saturated carbocycles. The normalized spacial score (nSPS) is 10.5. The summed E-state index contributed by atoms with van der Waals surface area (Å²) in [6, 6.07) is 14.1. The lowest BCUT2D eigenvalue weighted by Gasteiger charge is -2.04. The summed E-state index contributed by atoms with van der Waals surface area (Å²) >= 11 is 1.38. The molecule has 2 aromatic carbocycles. The van der Waals surface area contributed by atoms with Gasteiger partial charge < -0.3 is 4.74 Å². The second-order valence-electron chi connectivity index (χ2n) is 5.07. The van der Waals surface area contributed by atoms with E-state index in [0.717, 1.165) is 16.1 Å². The Labute approximate surface area is 137 Å². The van der Waals surface area contributed by atoms with Crippen molar-refractivity contribution in [2.45, 2.75) is 13.5 Å². The minimum absolute atomic E-state index is 0.108. The maximum atomic E-state index is 13.5. The number of halogens is 1. The Bertz CT molecular complexity index is 827. The molecule has 1 aromatic heterocycles. The summed E-state index contributed by atoms with van der Waals surface area (Å²) < 4.78 is 18.6. The quantitative estimate of drug-likeness (QED) is 0.657. The summed E-state index contributed by atoms with van der Waals surface area (Å²) in [7, 11) is 0. The number of hydrogen-bond acceptors (Lipinski definition) is 4. The minimum atomic E-state index is -0.553. The van der Waals surface area contributed by atoms with E-state index in [1.165, 1.54) is 17.4 Å². The third-order valence-corrected chi connectivity index (χ3v) is 4.22. The second-order valence-corrected chi connectivity index (χ2v) is 5.93. The van der Waals surface area contributed by atoms with E-state index < -0.39 is 5.97 Å². The summed E-state index contributed by atoms with van der Waals surface area (Å²) in [6.45, 7) is 1.90. The van der Waals surface area contributed by atoms with Gasteiger partial charge >= 0.3 is 5.97 Å². The molecule has 23 heavy (non-hydrogen) atoms. The predicted octanol–water partition coefficient (Wildman–Crippen LogP) is 4.61. The molecule has 0 amide bonds. The molecule has 0 N–H and O–H groups in total. The molecule has 0 radical (unpaired) electrons. The maximum Gasteiger partial charge on any atom is 0.358 e. The zero-order valence-corrected chi connectivity index (χ0v) is 13.3. The molecule has 116 valence electrons. The molecule has 0 unspecified atom stereocenters. The zero-order chi connectivity index (χ0) is 16.2. The number of hydrogen-bond donors (Lipinski definition) is 0. The van der Waals surface area contributed by atoms with E-state index in [9.17, 15) is 9.18 Å². The van der Waals surface area contributed by atoms with Crippen LogP contribution in [0.5, 0.6) is 0 Å². The van der Waals surface area contributed by atoms with Crippen molar-refractivity contribution in [1.82, 2.24) is 4.98 Å². The number of thiazole rings is 1. The van der Waals surface area contributed by atoms with E-state index in [1.807, 2.05) is 31.2 Å². The Hall–Kier alpha value is -2.53.